The fourth-order valence-electron chi connectivity index (χ4n) is 3.07. The van der Waals surface area contributed by atoms with Crippen molar-refractivity contribution in [3.8, 4) is 5.75 Å². The van der Waals surface area contributed by atoms with Crippen LogP contribution in [-0.2, 0) is 0 Å². The number of fused-ring (bicyclic) bond motifs is 1. The molecule has 154 valence electrons. The van der Waals surface area contributed by atoms with Crippen molar-refractivity contribution in [1.29, 1.82) is 0 Å². The molecule has 8 nitrogen and oxygen atoms in total. The van der Waals surface area contributed by atoms with Gasteiger partial charge in [0.05, 0.1) is 7.11 Å². The fourth-order valence-corrected chi connectivity index (χ4v) is 3.07. The number of benzene rings is 2. The van der Waals surface area contributed by atoms with Gasteiger partial charge in [0.15, 0.2) is 5.58 Å². The van der Waals surface area contributed by atoms with Gasteiger partial charge in [-0.05, 0) is 56.2 Å². The predicted molar refractivity (Wildman–Crippen MR) is 113 cm³/mol. The number of hydrogen-bond donors (Lipinski definition) is 2. The van der Waals surface area contributed by atoms with Crippen LogP contribution in [0.5, 0.6) is 5.75 Å². The van der Waals surface area contributed by atoms with Gasteiger partial charge in [0.25, 0.3) is 0 Å². The molecule has 0 saturated heterocycles. The van der Waals surface area contributed by atoms with Gasteiger partial charge in [-0.1, -0.05) is 4.48 Å². The third-order valence-corrected chi connectivity index (χ3v) is 4.86. The molecule has 0 atom stereocenters. The van der Waals surface area contributed by atoms with E-state index in [9.17, 15) is 9.28 Å². The van der Waals surface area contributed by atoms with Gasteiger partial charge >= 0.3 is 5.76 Å². The lowest BCUT2D eigenvalue weighted by Gasteiger charge is -2.13. The highest BCUT2D eigenvalue weighted by atomic mass is 19.2. The maximum Gasteiger partial charge on any atom is 0.448 e. The molecule has 4 aromatic rings. The number of oxazole rings is 1. The van der Waals surface area contributed by atoms with Crippen molar-refractivity contribution in [2.24, 2.45) is 0 Å². The molecule has 0 saturated carbocycles. The quantitative estimate of drug-likeness (QED) is 0.500. The largest absolute Gasteiger partial charge is 0.496 e. The van der Waals surface area contributed by atoms with Crippen molar-refractivity contribution in [1.82, 2.24) is 14.8 Å². The number of methoxy groups -OCH3 is 1. The molecule has 0 aliphatic carbocycles. The van der Waals surface area contributed by atoms with Crippen LogP contribution in [0.1, 0.15) is 16.7 Å². The number of aryl methyl sites for hydroxylation is 2. The van der Waals surface area contributed by atoms with Crippen LogP contribution in [0.4, 0.5) is 27.6 Å². The lowest BCUT2D eigenvalue weighted by atomic mass is 10.1. The van der Waals surface area contributed by atoms with Crippen LogP contribution in [-0.4, -0.2) is 21.9 Å². The van der Waals surface area contributed by atoms with Crippen LogP contribution < -0.4 is 21.1 Å². The molecule has 2 N–H and O–H groups in total. The molecule has 9 heteroatoms. The molecule has 0 unspecified atom stereocenters. The molecule has 4 rings (SSSR count). The topological polar surface area (TPSA) is 94.2 Å². The van der Waals surface area contributed by atoms with Gasteiger partial charge < -0.3 is 19.8 Å². The summed E-state index contributed by atoms with van der Waals surface area (Å²) in [6.45, 7) is 5.85. The minimum Gasteiger partial charge on any atom is -0.496 e. The number of aromatic nitrogens is 3. The maximum absolute atomic E-state index is 13.8. The van der Waals surface area contributed by atoms with E-state index in [-0.39, 0.29) is 15.9 Å². The van der Waals surface area contributed by atoms with Gasteiger partial charge in [-0.25, -0.2) is 9.78 Å². The molecule has 0 fully saturated rings. The third-order valence-electron chi connectivity index (χ3n) is 4.86. The van der Waals surface area contributed by atoms with E-state index in [2.05, 4.69) is 20.6 Å². The molecule has 0 radical (unpaired) electrons. The van der Waals surface area contributed by atoms with Crippen molar-refractivity contribution in [3.05, 3.63) is 63.8 Å². The van der Waals surface area contributed by atoms with E-state index >= 15 is 0 Å². The maximum atomic E-state index is 13.8. The zero-order chi connectivity index (χ0) is 21.4. The van der Waals surface area contributed by atoms with Crippen LogP contribution >= 0.6 is 0 Å². The summed E-state index contributed by atoms with van der Waals surface area (Å²) in [4.78, 5) is 20.1. The first-order valence-corrected chi connectivity index (χ1v) is 9.20. The Kier molecular flexibility index (Phi) is 4.86. The first-order valence-electron chi connectivity index (χ1n) is 9.20. The van der Waals surface area contributed by atoms with Gasteiger partial charge in [-0.15, -0.1) is 4.79 Å². The molecule has 2 aromatic heterocycles. The Hall–Kier alpha value is -3.88. The summed E-state index contributed by atoms with van der Waals surface area (Å²) in [5, 5.41) is 6.31. The van der Waals surface area contributed by atoms with E-state index in [1.165, 1.54) is 12.1 Å². The molecule has 30 heavy (non-hydrogen) atoms. The van der Waals surface area contributed by atoms with Crippen molar-refractivity contribution in [3.63, 3.8) is 0 Å². The summed E-state index contributed by atoms with van der Waals surface area (Å²) >= 11 is 0. The van der Waals surface area contributed by atoms with E-state index in [4.69, 9.17) is 9.15 Å². The zero-order valence-electron chi connectivity index (χ0n) is 16.9. The molecule has 2 aromatic carbocycles. The zero-order valence-corrected chi connectivity index (χ0v) is 16.9. The lowest BCUT2D eigenvalue weighted by Crippen LogP contribution is -2.05. The monoisotopic (exact) mass is 409 g/mol. The van der Waals surface area contributed by atoms with Crippen LogP contribution in [0, 0.1) is 20.8 Å². The minimum absolute atomic E-state index is 0.0343. The van der Waals surface area contributed by atoms with Gasteiger partial charge in [0.1, 0.15) is 17.1 Å². The number of rotatable bonds is 5. The molecule has 0 amide bonds. The average molecular weight is 409 g/mol. The fraction of sp³-hybridized carbons (Fsp3) is 0.190. The molecule has 0 bridgehead atoms. The van der Waals surface area contributed by atoms with Gasteiger partial charge in [-0.3, -0.25) is 0 Å². The van der Waals surface area contributed by atoms with Crippen LogP contribution in [0.2, 0.25) is 0 Å². The number of anilines is 4. The van der Waals surface area contributed by atoms with E-state index in [1.54, 1.807) is 19.4 Å². The summed E-state index contributed by atoms with van der Waals surface area (Å²) in [7, 11) is 1.63. The second-order valence-corrected chi connectivity index (χ2v) is 6.93. The van der Waals surface area contributed by atoms with Crippen molar-refractivity contribution < 1.29 is 13.6 Å². The molecule has 2 heterocycles. The molecule has 0 aliphatic rings. The molecular weight excluding hydrogens is 389 g/mol. The normalized spacial score (nSPS) is 11.0. The molecule has 0 spiro atoms. The number of hydrogen-bond acceptors (Lipinski definition) is 7. The second-order valence-electron chi connectivity index (χ2n) is 6.93. The SMILES string of the molecule is COc1cc(Nc2ncc(C)c(Nc3ccc4oc(=O)n(F)c4c3)n2)cc(C)c1C. The predicted octanol–water partition coefficient (Wildman–Crippen LogP) is 4.54. The first-order chi connectivity index (χ1) is 14.4. The van der Waals surface area contributed by atoms with Crippen LogP contribution in [0.3, 0.4) is 0 Å². The van der Waals surface area contributed by atoms with E-state index < -0.39 is 5.76 Å². The Bertz CT molecular complexity index is 1310. The van der Waals surface area contributed by atoms with Crippen molar-refractivity contribution in [2.75, 3.05) is 17.7 Å². The first kappa shape index (κ1) is 19.4. The smallest absolute Gasteiger partial charge is 0.448 e. The highest BCUT2D eigenvalue weighted by Gasteiger charge is 2.12. The Morgan fingerprint density at radius 1 is 1.07 bits per heavy atom. The number of ether oxygens (including phenoxy) is 1. The van der Waals surface area contributed by atoms with Crippen molar-refractivity contribution >= 4 is 34.2 Å². The van der Waals surface area contributed by atoms with Crippen molar-refractivity contribution in [2.45, 2.75) is 20.8 Å². The summed E-state index contributed by atoms with van der Waals surface area (Å²) in [6.07, 6.45) is 1.68. The summed E-state index contributed by atoms with van der Waals surface area (Å²) < 4.78 is 24.0. The molecule has 0 aliphatic heterocycles. The number of halogens is 1. The highest BCUT2D eigenvalue weighted by Crippen LogP contribution is 2.28. The minimum atomic E-state index is -1.06. The third kappa shape index (κ3) is 3.57. The Labute approximate surface area is 171 Å². The average Bonchev–Trinajstić information content (AvgIpc) is 3.01. The van der Waals surface area contributed by atoms with Crippen LogP contribution in [0.25, 0.3) is 11.1 Å². The van der Waals surface area contributed by atoms with Gasteiger partial charge in [-0.2, -0.15) is 4.98 Å². The van der Waals surface area contributed by atoms with Crippen LogP contribution in [0.15, 0.2) is 45.7 Å². The number of nitrogens with zero attached hydrogens (tertiary/aromatic N) is 3. The Morgan fingerprint density at radius 3 is 2.63 bits per heavy atom. The summed E-state index contributed by atoms with van der Waals surface area (Å²) in [6, 6.07) is 8.54. The van der Waals surface area contributed by atoms with E-state index in [1.807, 2.05) is 32.9 Å². The lowest BCUT2D eigenvalue weighted by molar-refractivity contribution is 0.331. The standard InChI is InChI=1S/C21H20FN5O3/c1-11-7-15(9-18(29-4)13(11)3)25-20-23-10-12(2)19(26-20)24-14-5-6-17-16(8-14)27(22)21(28)30-17/h5-10H,1-4H3,(H2,23,24,25,26). The summed E-state index contributed by atoms with van der Waals surface area (Å²) in [5.41, 5.74) is 4.49. The number of nitrogens with one attached hydrogen (secondary N) is 2. The van der Waals surface area contributed by atoms with E-state index in [0.29, 0.717) is 17.5 Å². The highest BCUT2D eigenvalue weighted by molar-refractivity contribution is 5.79. The van der Waals surface area contributed by atoms with Gasteiger partial charge in [0.2, 0.25) is 5.95 Å². The second kappa shape index (κ2) is 7.51. The van der Waals surface area contributed by atoms with E-state index in [0.717, 1.165) is 28.1 Å². The van der Waals surface area contributed by atoms with Gasteiger partial charge in [0, 0.05) is 29.2 Å². The Balaban J connectivity index is 1.63. The Morgan fingerprint density at radius 2 is 1.87 bits per heavy atom. The molecular formula is C21H20FN5O3. The summed E-state index contributed by atoms with van der Waals surface area (Å²) in [5.74, 6) is 0.642.